The molecule has 4 nitrogen and oxygen atoms in total. The summed E-state index contributed by atoms with van der Waals surface area (Å²) in [4.78, 5) is 4.17. The average molecular weight is 304 g/mol. The van der Waals surface area contributed by atoms with E-state index in [1.54, 1.807) is 19.5 Å². The second-order valence-corrected chi connectivity index (χ2v) is 4.74. The van der Waals surface area contributed by atoms with E-state index in [-0.39, 0.29) is 0 Å². The minimum absolute atomic E-state index is 0.583. The third-order valence-corrected chi connectivity index (χ3v) is 3.18. The fraction of sp³-hybridized carbons (Fsp3) is 0.0769. The SMILES string of the molecule is COc1cc2c(cn1)cnn2-c1cccc(Br)c1. The smallest absolute Gasteiger partial charge is 0.215 e. The van der Waals surface area contributed by atoms with Crippen molar-refractivity contribution >= 4 is 26.8 Å². The fourth-order valence-electron chi connectivity index (χ4n) is 1.83. The van der Waals surface area contributed by atoms with Crippen LogP contribution >= 0.6 is 15.9 Å². The molecule has 1 aromatic carbocycles. The summed E-state index contributed by atoms with van der Waals surface area (Å²) in [5, 5.41) is 5.36. The van der Waals surface area contributed by atoms with Crippen molar-refractivity contribution in [2.75, 3.05) is 7.11 Å². The maximum atomic E-state index is 5.14. The summed E-state index contributed by atoms with van der Waals surface area (Å²) >= 11 is 3.46. The van der Waals surface area contributed by atoms with Gasteiger partial charge in [0.1, 0.15) is 0 Å². The second kappa shape index (κ2) is 4.42. The number of halogens is 1. The van der Waals surface area contributed by atoms with Crippen LogP contribution in [0.1, 0.15) is 0 Å². The molecule has 0 atom stereocenters. The molecule has 0 unspecified atom stereocenters. The van der Waals surface area contributed by atoms with Gasteiger partial charge in [-0.1, -0.05) is 22.0 Å². The molecule has 0 fully saturated rings. The van der Waals surface area contributed by atoms with Gasteiger partial charge in [-0.05, 0) is 18.2 Å². The summed E-state index contributed by atoms with van der Waals surface area (Å²) < 4.78 is 8.03. The van der Waals surface area contributed by atoms with E-state index in [0.717, 1.165) is 21.1 Å². The minimum Gasteiger partial charge on any atom is -0.481 e. The molecule has 18 heavy (non-hydrogen) atoms. The van der Waals surface area contributed by atoms with Gasteiger partial charge in [0.2, 0.25) is 5.88 Å². The van der Waals surface area contributed by atoms with Gasteiger partial charge in [-0.15, -0.1) is 0 Å². The van der Waals surface area contributed by atoms with E-state index in [1.165, 1.54) is 0 Å². The highest BCUT2D eigenvalue weighted by Crippen LogP contribution is 2.22. The second-order valence-electron chi connectivity index (χ2n) is 3.82. The molecule has 0 saturated heterocycles. The molecule has 5 heteroatoms. The number of nitrogens with zero attached hydrogens (tertiary/aromatic N) is 3. The van der Waals surface area contributed by atoms with Crippen molar-refractivity contribution in [3.8, 4) is 11.6 Å². The number of pyridine rings is 1. The fourth-order valence-corrected chi connectivity index (χ4v) is 2.21. The van der Waals surface area contributed by atoms with Gasteiger partial charge in [-0.25, -0.2) is 9.67 Å². The molecule has 0 aliphatic heterocycles. The number of benzene rings is 1. The first-order valence-corrected chi connectivity index (χ1v) is 6.21. The van der Waals surface area contributed by atoms with Gasteiger partial charge in [0.05, 0.1) is 24.5 Å². The van der Waals surface area contributed by atoms with E-state index >= 15 is 0 Å². The molecular formula is C13H10BrN3O. The lowest BCUT2D eigenvalue weighted by atomic mass is 10.3. The lowest BCUT2D eigenvalue weighted by Crippen LogP contribution is -1.96. The van der Waals surface area contributed by atoms with Crippen LogP contribution in [-0.2, 0) is 0 Å². The number of rotatable bonds is 2. The first-order valence-electron chi connectivity index (χ1n) is 5.41. The zero-order chi connectivity index (χ0) is 12.5. The van der Waals surface area contributed by atoms with Gasteiger partial charge < -0.3 is 4.74 Å². The number of hydrogen-bond donors (Lipinski definition) is 0. The van der Waals surface area contributed by atoms with Crippen LogP contribution in [0.15, 0.2) is 47.2 Å². The topological polar surface area (TPSA) is 39.9 Å². The molecular weight excluding hydrogens is 294 g/mol. The van der Waals surface area contributed by atoms with Gasteiger partial charge in [0.25, 0.3) is 0 Å². The van der Waals surface area contributed by atoms with Crippen molar-refractivity contribution in [1.82, 2.24) is 14.8 Å². The molecule has 0 spiro atoms. The normalized spacial score (nSPS) is 10.8. The molecule has 0 aliphatic rings. The average Bonchev–Trinajstić information content (AvgIpc) is 2.81. The monoisotopic (exact) mass is 303 g/mol. The summed E-state index contributed by atoms with van der Waals surface area (Å²) in [5.41, 5.74) is 1.97. The van der Waals surface area contributed by atoms with Crippen molar-refractivity contribution in [2.45, 2.75) is 0 Å². The molecule has 0 amide bonds. The van der Waals surface area contributed by atoms with Crippen LogP contribution in [0.3, 0.4) is 0 Å². The van der Waals surface area contributed by atoms with E-state index < -0.39 is 0 Å². The van der Waals surface area contributed by atoms with E-state index in [2.05, 4.69) is 26.0 Å². The van der Waals surface area contributed by atoms with Gasteiger partial charge in [-0.2, -0.15) is 5.10 Å². The van der Waals surface area contributed by atoms with Crippen LogP contribution in [0.4, 0.5) is 0 Å². The van der Waals surface area contributed by atoms with E-state index in [9.17, 15) is 0 Å². The zero-order valence-corrected chi connectivity index (χ0v) is 11.3. The molecule has 90 valence electrons. The molecule has 2 heterocycles. The van der Waals surface area contributed by atoms with Crippen molar-refractivity contribution in [1.29, 1.82) is 0 Å². The van der Waals surface area contributed by atoms with Crippen molar-refractivity contribution in [2.24, 2.45) is 0 Å². The van der Waals surface area contributed by atoms with Crippen molar-refractivity contribution < 1.29 is 4.74 Å². The Balaban J connectivity index is 2.22. The maximum Gasteiger partial charge on any atom is 0.215 e. The van der Waals surface area contributed by atoms with Gasteiger partial charge in [0.15, 0.2) is 0 Å². The lowest BCUT2D eigenvalue weighted by Gasteiger charge is -2.04. The number of fused-ring (bicyclic) bond motifs is 1. The van der Waals surface area contributed by atoms with Gasteiger partial charge in [0, 0.05) is 22.1 Å². The first-order chi connectivity index (χ1) is 8.78. The summed E-state index contributed by atoms with van der Waals surface area (Å²) in [7, 11) is 1.61. The first kappa shape index (κ1) is 11.2. The number of methoxy groups -OCH3 is 1. The van der Waals surface area contributed by atoms with E-state index in [1.807, 2.05) is 35.0 Å². The van der Waals surface area contributed by atoms with Gasteiger partial charge in [-0.3, -0.25) is 0 Å². The van der Waals surface area contributed by atoms with Crippen molar-refractivity contribution in [3.05, 3.63) is 47.2 Å². The lowest BCUT2D eigenvalue weighted by molar-refractivity contribution is 0.398. The van der Waals surface area contributed by atoms with Crippen LogP contribution in [0, 0.1) is 0 Å². The van der Waals surface area contributed by atoms with Crippen molar-refractivity contribution in [3.63, 3.8) is 0 Å². The quantitative estimate of drug-likeness (QED) is 0.730. The molecule has 0 bridgehead atoms. The number of hydrogen-bond acceptors (Lipinski definition) is 3. The van der Waals surface area contributed by atoms with Crippen LogP contribution in [0.5, 0.6) is 5.88 Å². The van der Waals surface area contributed by atoms with Crippen LogP contribution in [-0.4, -0.2) is 21.9 Å². The molecule has 3 aromatic rings. The Morgan fingerprint density at radius 1 is 1.22 bits per heavy atom. The summed E-state index contributed by atoms with van der Waals surface area (Å²) in [6.07, 6.45) is 3.55. The summed E-state index contributed by atoms with van der Waals surface area (Å²) in [5.74, 6) is 0.583. The van der Waals surface area contributed by atoms with Gasteiger partial charge >= 0.3 is 0 Å². The zero-order valence-electron chi connectivity index (χ0n) is 9.67. The summed E-state index contributed by atoms with van der Waals surface area (Å²) in [6.45, 7) is 0. The van der Waals surface area contributed by atoms with Crippen LogP contribution < -0.4 is 4.74 Å². The Kier molecular flexibility index (Phi) is 2.76. The highest BCUT2D eigenvalue weighted by atomic mass is 79.9. The number of ether oxygens (including phenoxy) is 1. The van der Waals surface area contributed by atoms with Crippen LogP contribution in [0.25, 0.3) is 16.6 Å². The molecule has 0 aliphatic carbocycles. The third-order valence-electron chi connectivity index (χ3n) is 2.69. The highest BCUT2D eigenvalue weighted by molar-refractivity contribution is 9.10. The van der Waals surface area contributed by atoms with E-state index in [4.69, 9.17) is 4.74 Å². The largest absolute Gasteiger partial charge is 0.481 e. The Morgan fingerprint density at radius 2 is 2.11 bits per heavy atom. The Labute approximate surface area is 112 Å². The van der Waals surface area contributed by atoms with Crippen LogP contribution in [0.2, 0.25) is 0 Å². The molecule has 2 aromatic heterocycles. The maximum absolute atomic E-state index is 5.14. The Hall–Kier alpha value is -1.88. The summed E-state index contributed by atoms with van der Waals surface area (Å²) in [6, 6.07) is 9.86. The number of aromatic nitrogens is 3. The molecule has 0 saturated carbocycles. The molecule has 0 radical (unpaired) electrons. The Bertz CT molecular complexity index is 708. The predicted molar refractivity (Wildman–Crippen MR) is 73.1 cm³/mol. The third kappa shape index (κ3) is 1.86. The highest BCUT2D eigenvalue weighted by Gasteiger charge is 2.07. The molecule has 3 rings (SSSR count). The minimum atomic E-state index is 0.583. The van der Waals surface area contributed by atoms with E-state index in [0.29, 0.717) is 5.88 Å². The Morgan fingerprint density at radius 3 is 2.89 bits per heavy atom. The predicted octanol–water partition coefficient (Wildman–Crippen LogP) is 3.19. The standard InChI is InChI=1S/C13H10BrN3O/c1-18-13-6-12-9(7-15-13)8-16-17(12)11-4-2-3-10(14)5-11/h2-8H,1H3. The molecule has 0 N–H and O–H groups in total.